The van der Waals surface area contributed by atoms with E-state index in [9.17, 15) is 4.79 Å². The van der Waals surface area contributed by atoms with E-state index in [-0.39, 0.29) is 29.9 Å². The van der Waals surface area contributed by atoms with Gasteiger partial charge in [-0.1, -0.05) is 24.3 Å². The molecule has 1 aromatic carbocycles. The van der Waals surface area contributed by atoms with E-state index < -0.39 is 0 Å². The molecule has 0 bridgehead atoms. The van der Waals surface area contributed by atoms with Crippen LogP contribution in [-0.2, 0) is 0 Å². The van der Waals surface area contributed by atoms with Crippen molar-refractivity contribution in [2.75, 3.05) is 39.8 Å². The zero-order valence-electron chi connectivity index (χ0n) is 16.8. The summed E-state index contributed by atoms with van der Waals surface area (Å²) >= 11 is 1.81. The van der Waals surface area contributed by atoms with Crippen LogP contribution in [0.1, 0.15) is 34.1 Å². The monoisotopic (exact) mass is 527 g/mol. The smallest absolute Gasteiger partial charge is 0.251 e. The minimum Gasteiger partial charge on any atom is -0.355 e. The van der Waals surface area contributed by atoms with Gasteiger partial charge < -0.3 is 16.0 Å². The summed E-state index contributed by atoms with van der Waals surface area (Å²) in [5.41, 5.74) is 0.675. The van der Waals surface area contributed by atoms with E-state index in [0.29, 0.717) is 24.7 Å². The van der Waals surface area contributed by atoms with Gasteiger partial charge in [0.15, 0.2) is 5.96 Å². The highest BCUT2D eigenvalue weighted by molar-refractivity contribution is 14.0. The average Bonchev–Trinajstić information content (AvgIpc) is 3.45. The number of benzene rings is 1. The van der Waals surface area contributed by atoms with E-state index in [4.69, 9.17) is 0 Å². The predicted molar refractivity (Wildman–Crippen MR) is 131 cm³/mol. The third-order valence-electron chi connectivity index (χ3n) is 4.88. The summed E-state index contributed by atoms with van der Waals surface area (Å²) in [7, 11) is 1.77. The van der Waals surface area contributed by atoms with Gasteiger partial charge in [0.1, 0.15) is 0 Å². The molecule has 29 heavy (non-hydrogen) atoms. The van der Waals surface area contributed by atoms with Gasteiger partial charge in [0.25, 0.3) is 5.91 Å². The molecule has 0 spiro atoms. The van der Waals surface area contributed by atoms with Crippen LogP contribution in [0, 0.1) is 0 Å². The lowest BCUT2D eigenvalue weighted by Gasteiger charge is -2.27. The number of amides is 1. The van der Waals surface area contributed by atoms with Gasteiger partial charge in [0.2, 0.25) is 0 Å². The Morgan fingerprint density at radius 3 is 2.45 bits per heavy atom. The van der Waals surface area contributed by atoms with Gasteiger partial charge in [-0.25, -0.2) is 0 Å². The van der Waals surface area contributed by atoms with E-state index in [1.54, 1.807) is 7.05 Å². The molecule has 1 fully saturated rings. The number of aliphatic imine (C=N–C) groups is 1. The molecule has 1 aliphatic rings. The maximum atomic E-state index is 12.1. The number of halogens is 1. The van der Waals surface area contributed by atoms with Gasteiger partial charge in [-0.2, -0.15) is 0 Å². The maximum absolute atomic E-state index is 12.1. The number of carbonyl (C=O) groups excluding carboxylic acids is 1. The van der Waals surface area contributed by atoms with Gasteiger partial charge in [-0.3, -0.25) is 14.7 Å². The topological polar surface area (TPSA) is 68.8 Å². The molecule has 0 aliphatic carbocycles. The van der Waals surface area contributed by atoms with Crippen LogP contribution in [0.5, 0.6) is 0 Å². The van der Waals surface area contributed by atoms with Crippen LogP contribution in [0.15, 0.2) is 52.8 Å². The lowest BCUT2D eigenvalue weighted by molar-refractivity contribution is 0.0954. The molecular weight excluding hydrogens is 497 g/mol. The maximum Gasteiger partial charge on any atom is 0.251 e. The first-order valence-electron chi connectivity index (χ1n) is 9.83. The quantitative estimate of drug-likeness (QED) is 0.214. The molecule has 6 nitrogen and oxygen atoms in total. The van der Waals surface area contributed by atoms with Crippen LogP contribution in [-0.4, -0.2) is 56.5 Å². The second-order valence-electron chi connectivity index (χ2n) is 6.78. The number of nitrogens with one attached hydrogen (secondary N) is 3. The predicted octanol–water partition coefficient (Wildman–Crippen LogP) is 3.10. The summed E-state index contributed by atoms with van der Waals surface area (Å²) in [6.45, 7) is 4.28. The van der Waals surface area contributed by atoms with Crippen molar-refractivity contribution in [1.82, 2.24) is 20.9 Å². The van der Waals surface area contributed by atoms with Crippen molar-refractivity contribution in [1.29, 1.82) is 0 Å². The fraction of sp³-hybridized carbons (Fsp3) is 0.429. The molecule has 1 atom stereocenters. The van der Waals surface area contributed by atoms with E-state index >= 15 is 0 Å². The SMILES string of the molecule is CN=C(NCCNC(=O)c1ccccc1)NCC(c1cccs1)N1CCCC1.I. The second-order valence-corrected chi connectivity index (χ2v) is 7.76. The highest BCUT2D eigenvalue weighted by atomic mass is 127. The van der Waals surface area contributed by atoms with Gasteiger partial charge in [0, 0.05) is 37.1 Å². The Morgan fingerprint density at radius 1 is 1.07 bits per heavy atom. The first-order chi connectivity index (χ1) is 13.8. The molecular formula is C21H30IN5OS. The second kappa shape index (κ2) is 12.8. The van der Waals surface area contributed by atoms with Crippen molar-refractivity contribution in [3.8, 4) is 0 Å². The molecule has 1 aliphatic heterocycles. The normalized spacial score (nSPS) is 15.4. The Labute approximate surface area is 194 Å². The summed E-state index contributed by atoms with van der Waals surface area (Å²) < 4.78 is 0. The third-order valence-corrected chi connectivity index (χ3v) is 5.85. The molecule has 1 unspecified atom stereocenters. The number of rotatable bonds is 8. The molecule has 158 valence electrons. The van der Waals surface area contributed by atoms with Crippen molar-refractivity contribution >= 4 is 47.2 Å². The Morgan fingerprint density at radius 2 is 1.79 bits per heavy atom. The summed E-state index contributed by atoms with van der Waals surface area (Å²) in [5.74, 6) is 0.701. The van der Waals surface area contributed by atoms with Gasteiger partial charge in [-0.15, -0.1) is 35.3 Å². The zero-order chi connectivity index (χ0) is 19.6. The largest absolute Gasteiger partial charge is 0.355 e. The molecule has 1 amide bonds. The molecule has 1 aromatic heterocycles. The zero-order valence-corrected chi connectivity index (χ0v) is 19.9. The molecule has 2 aromatic rings. The fourth-order valence-corrected chi connectivity index (χ4v) is 4.27. The van der Waals surface area contributed by atoms with Crippen LogP contribution in [0.25, 0.3) is 0 Å². The first-order valence-corrected chi connectivity index (χ1v) is 10.7. The highest BCUT2D eigenvalue weighted by Crippen LogP contribution is 2.27. The van der Waals surface area contributed by atoms with Crippen LogP contribution >= 0.6 is 35.3 Å². The third kappa shape index (κ3) is 7.27. The van der Waals surface area contributed by atoms with Gasteiger partial charge >= 0.3 is 0 Å². The van der Waals surface area contributed by atoms with E-state index in [2.05, 4.69) is 43.4 Å². The molecule has 1 saturated heterocycles. The molecule has 0 radical (unpaired) electrons. The number of thiophene rings is 1. The fourth-order valence-electron chi connectivity index (χ4n) is 3.41. The molecule has 3 N–H and O–H groups in total. The lowest BCUT2D eigenvalue weighted by Crippen LogP contribution is -2.44. The molecule has 0 saturated carbocycles. The average molecular weight is 527 g/mol. The Kier molecular flexibility index (Phi) is 10.4. The summed E-state index contributed by atoms with van der Waals surface area (Å²) in [4.78, 5) is 20.3. The standard InChI is InChI=1S/C21H29N5OS.HI/c1-22-21(24-12-11-23-20(27)17-8-3-2-4-9-17)25-16-18(19-10-7-15-28-19)26-13-5-6-14-26;/h2-4,7-10,15,18H,5-6,11-14,16H2,1H3,(H,23,27)(H2,22,24,25);1H. The Bertz CT molecular complexity index is 748. The number of hydrogen-bond acceptors (Lipinski definition) is 4. The summed E-state index contributed by atoms with van der Waals surface area (Å²) in [6.07, 6.45) is 2.55. The first kappa shape index (κ1) is 23.6. The summed E-state index contributed by atoms with van der Waals surface area (Å²) in [6, 6.07) is 14.0. The minimum atomic E-state index is -0.0582. The van der Waals surface area contributed by atoms with Gasteiger partial charge in [0.05, 0.1) is 6.04 Å². The molecule has 3 rings (SSSR count). The Balaban J connectivity index is 0.00000300. The van der Waals surface area contributed by atoms with E-state index in [0.717, 1.165) is 25.6 Å². The van der Waals surface area contributed by atoms with E-state index in [1.165, 1.54) is 17.7 Å². The minimum absolute atomic E-state index is 0. The summed E-state index contributed by atoms with van der Waals surface area (Å²) in [5, 5.41) is 11.8. The number of nitrogens with zero attached hydrogens (tertiary/aromatic N) is 2. The number of hydrogen-bond donors (Lipinski definition) is 3. The van der Waals surface area contributed by atoms with Crippen LogP contribution < -0.4 is 16.0 Å². The van der Waals surface area contributed by atoms with Crippen molar-refractivity contribution in [3.63, 3.8) is 0 Å². The van der Waals surface area contributed by atoms with Crippen LogP contribution in [0.4, 0.5) is 0 Å². The Hall–Kier alpha value is -1.65. The molecule has 2 heterocycles. The van der Waals surface area contributed by atoms with E-state index in [1.807, 2.05) is 41.7 Å². The van der Waals surface area contributed by atoms with Crippen molar-refractivity contribution in [2.24, 2.45) is 4.99 Å². The molecule has 8 heteroatoms. The van der Waals surface area contributed by atoms with Gasteiger partial charge in [-0.05, 0) is 49.5 Å². The number of likely N-dealkylation sites (tertiary alicyclic amines) is 1. The van der Waals surface area contributed by atoms with Crippen molar-refractivity contribution < 1.29 is 4.79 Å². The number of carbonyl (C=O) groups is 1. The van der Waals surface area contributed by atoms with Crippen molar-refractivity contribution in [3.05, 3.63) is 58.3 Å². The lowest BCUT2D eigenvalue weighted by atomic mass is 10.2. The van der Waals surface area contributed by atoms with Crippen LogP contribution in [0.2, 0.25) is 0 Å². The highest BCUT2D eigenvalue weighted by Gasteiger charge is 2.24. The van der Waals surface area contributed by atoms with Crippen molar-refractivity contribution in [2.45, 2.75) is 18.9 Å². The van der Waals surface area contributed by atoms with Crippen LogP contribution in [0.3, 0.4) is 0 Å². The number of guanidine groups is 1.